The lowest BCUT2D eigenvalue weighted by atomic mass is 9.94. The highest BCUT2D eigenvalue weighted by Gasteiger charge is 2.51. The average molecular weight is 452 g/mol. The Morgan fingerprint density at radius 2 is 1.91 bits per heavy atom. The third kappa shape index (κ3) is 6.41. The van der Waals surface area contributed by atoms with Gasteiger partial charge in [-0.25, -0.2) is 4.39 Å². The summed E-state index contributed by atoms with van der Waals surface area (Å²) in [6, 6.07) is 16.7. The number of benzene rings is 2. The van der Waals surface area contributed by atoms with Gasteiger partial charge in [0.15, 0.2) is 0 Å². The Balaban J connectivity index is 1.32. The minimum absolute atomic E-state index is 0.0462. The number of hydrogen-bond acceptors (Lipinski definition) is 3. The number of nitrogens with zero attached hydrogens (tertiary/aromatic N) is 1. The maximum Gasteiger partial charge on any atom is 0.230 e. The SMILES string of the molecule is O=C1CCN(Cc2cccc(F)c2)CCCC(CNC(=O)C2(c3ccccc3)CC2)CCN1. The van der Waals surface area contributed by atoms with Crippen LogP contribution >= 0.6 is 0 Å². The van der Waals surface area contributed by atoms with Gasteiger partial charge in [0.2, 0.25) is 11.8 Å². The van der Waals surface area contributed by atoms with Gasteiger partial charge >= 0.3 is 0 Å². The van der Waals surface area contributed by atoms with E-state index in [1.807, 2.05) is 36.4 Å². The summed E-state index contributed by atoms with van der Waals surface area (Å²) >= 11 is 0. The highest BCUT2D eigenvalue weighted by Crippen LogP contribution is 2.48. The summed E-state index contributed by atoms with van der Waals surface area (Å²) in [5.74, 6) is 0.252. The summed E-state index contributed by atoms with van der Waals surface area (Å²) in [6.45, 7) is 3.40. The summed E-state index contributed by atoms with van der Waals surface area (Å²) in [4.78, 5) is 27.5. The molecule has 1 unspecified atom stereocenters. The van der Waals surface area contributed by atoms with Crippen LogP contribution in [0.5, 0.6) is 0 Å². The van der Waals surface area contributed by atoms with Crippen molar-refractivity contribution in [3.63, 3.8) is 0 Å². The van der Waals surface area contributed by atoms with Crippen LogP contribution in [0, 0.1) is 11.7 Å². The van der Waals surface area contributed by atoms with Gasteiger partial charge in [-0.3, -0.25) is 14.5 Å². The van der Waals surface area contributed by atoms with E-state index in [1.165, 1.54) is 6.07 Å². The third-order valence-electron chi connectivity index (χ3n) is 6.97. The maximum absolute atomic E-state index is 13.6. The van der Waals surface area contributed by atoms with E-state index < -0.39 is 0 Å². The van der Waals surface area contributed by atoms with Gasteiger partial charge in [0.25, 0.3) is 0 Å². The van der Waals surface area contributed by atoms with E-state index in [4.69, 9.17) is 0 Å². The number of carbonyl (C=O) groups excluding carboxylic acids is 2. The average Bonchev–Trinajstić information content (AvgIpc) is 3.63. The summed E-state index contributed by atoms with van der Waals surface area (Å²) in [5.41, 5.74) is 1.67. The summed E-state index contributed by atoms with van der Waals surface area (Å²) in [6.07, 6.45) is 5.06. The number of amides is 2. The molecule has 2 N–H and O–H groups in total. The van der Waals surface area contributed by atoms with Crippen LogP contribution in [0.3, 0.4) is 0 Å². The van der Waals surface area contributed by atoms with Crippen molar-refractivity contribution in [1.29, 1.82) is 0 Å². The Morgan fingerprint density at radius 1 is 1.09 bits per heavy atom. The topological polar surface area (TPSA) is 61.4 Å². The first-order valence-electron chi connectivity index (χ1n) is 12.1. The molecule has 5 nitrogen and oxygen atoms in total. The molecule has 0 spiro atoms. The molecular weight excluding hydrogens is 417 g/mol. The van der Waals surface area contributed by atoms with Gasteiger partial charge in [-0.2, -0.15) is 0 Å². The van der Waals surface area contributed by atoms with E-state index >= 15 is 0 Å². The van der Waals surface area contributed by atoms with Crippen LogP contribution in [0.4, 0.5) is 4.39 Å². The number of nitrogens with one attached hydrogen (secondary N) is 2. The fourth-order valence-corrected chi connectivity index (χ4v) is 4.81. The van der Waals surface area contributed by atoms with Crippen molar-refractivity contribution in [3.8, 4) is 0 Å². The molecule has 6 heteroatoms. The first-order chi connectivity index (χ1) is 16.0. The highest BCUT2D eigenvalue weighted by molar-refractivity contribution is 5.91. The Morgan fingerprint density at radius 3 is 2.67 bits per heavy atom. The Bertz CT molecular complexity index is 945. The molecular formula is C27H34FN3O2. The van der Waals surface area contributed by atoms with E-state index in [1.54, 1.807) is 12.1 Å². The molecule has 1 atom stereocenters. The van der Waals surface area contributed by atoms with Gasteiger partial charge in [-0.15, -0.1) is 0 Å². The van der Waals surface area contributed by atoms with Gasteiger partial charge in [0.1, 0.15) is 5.82 Å². The summed E-state index contributed by atoms with van der Waals surface area (Å²) in [7, 11) is 0. The standard InChI is InChI=1S/C27H34FN3O2/c28-24-10-4-6-22(18-24)20-31-16-5-7-21(11-15-29-25(32)12-17-31)19-30-26(33)27(13-14-27)23-8-2-1-3-9-23/h1-4,6,8-10,18,21H,5,7,11-17,19-20H2,(H,29,32)(H,30,33). The molecule has 2 aromatic rings. The lowest BCUT2D eigenvalue weighted by Crippen LogP contribution is -2.38. The van der Waals surface area contributed by atoms with E-state index in [0.717, 1.165) is 49.8 Å². The Labute approximate surface area is 195 Å². The van der Waals surface area contributed by atoms with Crippen LogP contribution in [0.2, 0.25) is 0 Å². The van der Waals surface area contributed by atoms with E-state index in [9.17, 15) is 14.0 Å². The first-order valence-corrected chi connectivity index (χ1v) is 12.1. The minimum atomic E-state index is -0.356. The molecule has 176 valence electrons. The second-order valence-electron chi connectivity index (χ2n) is 9.46. The summed E-state index contributed by atoms with van der Waals surface area (Å²) < 4.78 is 13.6. The van der Waals surface area contributed by atoms with Crippen molar-refractivity contribution >= 4 is 11.8 Å². The van der Waals surface area contributed by atoms with E-state index in [0.29, 0.717) is 38.5 Å². The van der Waals surface area contributed by atoms with Gasteiger partial charge < -0.3 is 10.6 Å². The van der Waals surface area contributed by atoms with Crippen LogP contribution in [-0.4, -0.2) is 42.9 Å². The van der Waals surface area contributed by atoms with Crippen molar-refractivity contribution in [2.24, 2.45) is 5.92 Å². The molecule has 2 amide bonds. The molecule has 0 bridgehead atoms. The van der Waals surface area contributed by atoms with Gasteiger partial charge in [0, 0.05) is 32.6 Å². The van der Waals surface area contributed by atoms with Crippen LogP contribution in [0.15, 0.2) is 54.6 Å². The largest absolute Gasteiger partial charge is 0.356 e. The molecule has 2 fully saturated rings. The molecule has 1 aliphatic heterocycles. The second-order valence-corrected chi connectivity index (χ2v) is 9.46. The highest BCUT2D eigenvalue weighted by atomic mass is 19.1. The Hall–Kier alpha value is -2.73. The molecule has 1 saturated carbocycles. The van der Waals surface area contributed by atoms with Crippen molar-refractivity contribution in [2.45, 2.75) is 50.5 Å². The van der Waals surface area contributed by atoms with E-state index in [-0.39, 0.29) is 23.0 Å². The smallest absolute Gasteiger partial charge is 0.230 e. The maximum atomic E-state index is 13.6. The summed E-state index contributed by atoms with van der Waals surface area (Å²) in [5, 5.41) is 6.24. The minimum Gasteiger partial charge on any atom is -0.356 e. The normalized spacial score (nSPS) is 21.5. The molecule has 2 aromatic carbocycles. The van der Waals surface area contributed by atoms with Crippen molar-refractivity contribution < 1.29 is 14.0 Å². The molecule has 0 aromatic heterocycles. The number of carbonyl (C=O) groups is 2. The predicted octanol–water partition coefficient (Wildman–Crippen LogP) is 3.78. The quantitative estimate of drug-likeness (QED) is 0.703. The molecule has 33 heavy (non-hydrogen) atoms. The van der Waals surface area contributed by atoms with Gasteiger partial charge in [-0.05, 0) is 67.8 Å². The molecule has 0 radical (unpaired) electrons. The number of hydrogen-bond donors (Lipinski definition) is 2. The van der Waals surface area contributed by atoms with Crippen LogP contribution in [-0.2, 0) is 21.5 Å². The lowest BCUT2D eigenvalue weighted by molar-refractivity contribution is -0.124. The van der Waals surface area contributed by atoms with Crippen molar-refractivity contribution in [2.75, 3.05) is 26.2 Å². The third-order valence-corrected chi connectivity index (χ3v) is 6.97. The fraction of sp³-hybridized carbons (Fsp3) is 0.481. The zero-order chi connectivity index (χ0) is 23.1. The van der Waals surface area contributed by atoms with Crippen LogP contribution in [0.25, 0.3) is 0 Å². The molecule has 1 saturated heterocycles. The molecule has 4 rings (SSSR count). The van der Waals surface area contributed by atoms with E-state index in [2.05, 4.69) is 15.5 Å². The Kier molecular flexibility index (Phi) is 7.76. The number of halogens is 1. The van der Waals surface area contributed by atoms with Gasteiger partial charge in [0.05, 0.1) is 5.41 Å². The van der Waals surface area contributed by atoms with Gasteiger partial charge in [-0.1, -0.05) is 42.5 Å². The fourth-order valence-electron chi connectivity index (χ4n) is 4.81. The zero-order valence-corrected chi connectivity index (χ0v) is 19.2. The first kappa shape index (κ1) is 23.4. The van der Waals surface area contributed by atoms with Crippen LogP contribution in [0.1, 0.15) is 49.7 Å². The van der Waals surface area contributed by atoms with Crippen molar-refractivity contribution in [1.82, 2.24) is 15.5 Å². The monoisotopic (exact) mass is 451 g/mol. The zero-order valence-electron chi connectivity index (χ0n) is 19.2. The molecule has 1 aliphatic carbocycles. The predicted molar refractivity (Wildman–Crippen MR) is 127 cm³/mol. The molecule has 1 heterocycles. The lowest BCUT2D eigenvalue weighted by Gasteiger charge is -2.23. The molecule has 2 aliphatic rings. The second kappa shape index (κ2) is 10.9. The van der Waals surface area contributed by atoms with Crippen LogP contribution < -0.4 is 10.6 Å². The number of rotatable bonds is 6. The van der Waals surface area contributed by atoms with Crippen molar-refractivity contribution in [3.05, 3.63) is 71.5 Å².